The average molecular weight is 475 g/mol. The number of thioether (sulfide) groups is 1. The summed E-state index contributed by atoms with van der Waals surface area (Å²) in [6.45, 7) is 0.227. The van der Waals surface area contributed by atoms with Gasteiger partial charge in [-0.1, -0.05) is 29.3 Å². The van der Waals surface area contributed by atoms with Gasteiger partial charge in [-0.05, 0) is 59.7 Å². The van der Waals surface area contributed by atoms with Crippen LogP contribution < -0.4 is 9.64 Å². The molecule has 3 aromatic carbocycles. The van der Waals surface area contributed by atoms with Crippen LogP contribution >= 0.6 is 35.0 Å². The van der Waals surface area contributed by atoms with Crippen molar-refractivity contribution in [2.45, 2.75) is 12.0 Å². The molecule has 1 saturated heterocycles. The fourth-order valence-corrected chi connectivity index (χ4v) is 4.75. The van der Waals surface area contributed by atoms with Gasteiger partial charge in [-0.2, -0.15) is 0 Å². The Morgan fingerprint density at radius 3 is 2.42 bits per heavy atom. The maximum atomic E-state index is 12.5. The molecule has 1 fully saturated rings. The number of carbonyl (C=O) groups excluding carboxylic acids is 1. The summed E-state index contributed by atoms with van der Waals surface area (Å²) in [4.78, 5) is 24.5. The van der Waals surface area contributed by atoms with Crippen molar-refractivity contribution in [3.63, 3.8) is 0 Å². The number of halogens is 2. The number of benzene rings is 3. The predicted octanol–water partition coefficient (Wildman–Crippen LogP) is 6.26. The van der Waals surface area contributed by atoms with Crippen LogP contribution in [0.2, 0.25) is 10.0 Å². The highest BCUT2D eigenvalue weighted by atomic mass is 35.5. The zero-order valence-corrected chi connectivity index (χ0v) is 18.4. The Labute approximate surface area is 192 Å². The van der Waals surface area contributed by atoms with Crippen molar-refractivity contribution in [1.29, 1.82) is 0 Å². The van der Waals surface area contributed by atoms with E-state index in [1.165, 1.54) is 23.9 Å². The zero-order valence-electron chi connectivity index (χ0n) is 16.0. The van der Waals surface area contributed by atoms with Crippen LogP contribution in [0.5, 0.6) is 5.75 Å². The minimum absolute atomic E-state index is 0.0203. The first-order valence-electron chi connectivity index (χ1n) is 9.27. The monoisotopic (exact) mass is 474 g/mol. The SMILES string of the molecule is O=C1CS[C@H](c2ccc(OCc3ccc([N+](=O)[O-])cc3)c(Cl)c2)N1c1ccc(Cl)cc1. The number of nitro groups is 1. The number of ether oxygens (including phenoxy) is 1. The number of non-ortho nitro benzene ring substituents is 1. The average Bonchev–Trinajstić information content (AvgIpc) is 3.15. The Morgan fingerprint density at radius 1 is 1.06 bits per heavy atom. The lowest BCUT2D eigenvalue weighted by Gasteiger charge is -2.25. The summed E-state index contributed by atoms with van der Waals surface area (Å²) in [7, 11) is 0. The van der Waals surface area contributed by atoms with Gasteiger partial charge < -0.3 is 4.74 Å². The van der Waals surface area contributed by atoms with Crippen LogP contribution in [-0.4, -0.2) is 16.6 Å². The summed E-state index contributed by atoms with van der Waals surface area (Å²) in [5.74, 6) is 0.895. The van der Waals surface area contributed by atoms with Crippen LogP contribution in [0.1, 0.15) is 16.5 Å². The lowest BCUT2D eigenvalue weighted by atomic mass is 10.1. The van der Waals surface area contributed by atoms with E-state index in [1.54, 1.807) is 41.3 Å². The molecular formula is C22H16Cl2N2O4S. The number of rotatable bonds is 6. The van der Waals surface area contributed by atoms with Gasteiger partial charge in [-0.25, -0.2) is 0 Å². The van der Waals surface area contributed by atoms with Crippen LogP contribution in [0.4, 0.5) is 11.4 Å². The van der Waals surface area contributed by atoms with Gasteiger partial charge in [0, 0.05) is 22.8 Å². The Morgan fingerprint density at radius 2 is 1.77 bits per heavy atom. The largest absolute Gasteiger partial charge is 0.487 e. The summed E-state index contributed by atoms with van der Waals surface area (Å²) >= 11 is 13.9. The van der Waals surface area contributed by atoms with Gasteiger partial charge in [0.1, 0.15) is 17.7 Å². The standard InChI is InChI=1S/C22H16Cl2N2O4S/c23-16-4-8-17(9-5-16)25-21(27)13-31-22(25)15-3-10-20(19(24)11-15)30-12-14-1-6-18(7-2-14)26(28)29/h1-11,22H,12-13H2/t22-/m1/s1. The molecular weight excluding hydrogens is 459 g/mol. The first-order chi connectivity index (χ1) is 14.9. The van der Waals surface area contributed by atoms with E-state index in [4.69, 9.17) is 27.9 Å². The van der Waals surface area contributed by atoms with Gasteiger partial charge in [-0.3, -0.25) is 19.8 Å². The fourth-order valence-electron chi connectivity index (χ4n) is 3.21. The van der Waals surface area contributed by atoms with Crippen LogP contribution in [0.3, 0.4) is 0 Å². The van der Waals surface area contributed by atoms with Crippen molar-refractivity contribution in [2.75, 3.05) is 10.7 Å². The number of hydrogen-bond donors (Lipinski definition) is 0. The smallest absolute Gasteiger partial charge is 0.269 e. The van der Waals surface area contributed by atoms with Gasteiger partial charge in [0.25, 0.3) is 5.69 Å². The lowest BCUT2D eigenvalue weighted by molar-refractivity contribution is -0.384. The Kier molecular flexibility index (Phi) is 6.36. The second-order valence-electron chi connectivity index (χ2n) is 6.81. The molecule has 0 bridgehead atoms. The summed E-state index contributed by atoms with van der Waals surface area (Å²) < 4.78 is 5.78. The highest BCUT2D eigenvalue weighted by Gasteiger charge is 2.34. The second-order valence-corrected chi connectivity index (χ2v) is 8.72. The van der Waals surface area contributed by atoms with E-state index >= 15 is 0 Å². The molecule has 158 valence electrons. The van der Waals surface area contributed by atoms with Gasteiger partial charge in [0.2, 0.25) is 5.91 Å². The molecule has 1 aliphatic heterocycles. The fraction of sp³-hybridized carbons (Fsp3) is 0.136. The molecule has 1 aliphatic rings. The molecule has 0 radical (unpaired) electrons. The van der Waals surface area contributed by atoms with E-state index in [-0.39, 0.29) is 23.6 Å². The van der Waals surface area contributed by atoms with Gasteiger partial charge >= 0.3 is 0 Å². The highest BCUT2D eigenvalue weighted by Crippen LogP contribution is 2.43. The molecule has 3 aromatic rings. The van der Waals surface area contributed by atoms with Crippen molar-refractivity contribution in [2.24, 2.45) is 0 Å². The molecule has 9 heteroatoms. The van der Waals surface area contributed by atoms with E-state index in [1.807, 2.05) is 18.2 Å². The number of anilines is 1. The van der Waals surface area contributed by atoms with Crippen LogP contribution in [0, 0.1) is 10.1 Å². The predicted molar refractivity (Wildman–Crippen MR) is 123 cm³/mol. The van der Waals surface area contributed by atoms with E-state index in [0.29, 0.717) is 21.5 Å². The van der Waals surface area contributed by atoms with E-state index < -0.39 is 4.92 Å². The van der Waals surface area contributed by atoms with Crippen LogP contribution in [0.25, 0.3) is 0 Å². The van der Waals surface area contributed by atoms with Crippen molar-refractivity contribution in [3.8, 4) is 5.75 Å². The maximum absolute atomic E-state index is 12.5. The zero-order chi connectivity index (χ0) is 22.0. The lowest BCUT2D eigenvalue weighted by Crippen LogP contribution is -2.27. The second kappa shape index (κ2) is 9.18. The van der Waals surface area contributed by atoms with Crippen LogP contribution in [0.15, 0.2) is 66.7 Å². The molecule has 1 atom stereocenters. The first kappa shape index (κ1) is 21.5. The molecule has 31 heavy (non-hydrogen) atoms. The molecule has 0 N–H and O–H groups in total. The van der Waals surface area contributed by atoms with Crippen molar-refractivity contribution in [1.82, 2.24) is 0 Å². The maximum Gasteiger partial charge on any atom is 0.269 e. The molecule has 0 spiro atoms. The van der Waals surface area contributed by atoms with Crippen molar-refractivity contribution >= 4 is 52.2 Å². The first-order valence-corrected chi connectivity index (χ1v) is 11.1. The molecule has 0 unspecified atom stereocenters. The number of carbonyl (C=O) groups is 1. The highest BCUT2D eigenvalue weighted by molar-refractivity contribution is 8.00. The third-order valence-corrected chi connectivity index (χ3v) is 6.51. The summed E-state index contributed by atoms with van der Waals surface area (Å²) in [5, 5.41) is 11.6. The van der Waals surface area contributed by atoms with E-state index in [9.17, 15) is 14.9 Å². The van der Waals surface area contributed by atoms with Gasteiger partial charge in [-0.15, -0.1) is 11.8 Å². The third-order valence-electron chi connectivity index (χ3n) is 4.76. The topological polar surface area (TPSA) is 72.7 Å². The molecule has 1 heterocycles. The molecule has 4 rings (SSSR count). The van der Waals surface area contributed by atoms with Gasteiger partial charge in [0.15, 0.2) is 0 Å². The van der Waals surface area contributed by atoms with Crippen molar-refractivity contribution < 1.29 is 14.5 Å². The Balaban J connectivity index is 1.49. The van der Waals surface area contributed by atoms with E-state index in [0.717, 1.165) is 16.8 Å². The van der Waals surface area contributed by atoms with Crippen molar-refractivity contribution in [3.05, 3.63) is 98.0 Å². The number of amides is 1. The molecule has 6 nitrogen and oxygen atoms in total. The molecule has 0 aliphatic carbocycles. The number of nitrogens with zero attached hydrogens (tertiary/aromatic N) is 2. The summed E-state index contributed by atoms with van der Waals surface area (Å²) in [6, 6.07) is 18.8. The molecule has 0 aromatic heterocycles. The number of hydrogen-bond acceptors (Lipinski definition) is 5. The quantitative estimate of drug-likeness (QED) is 0.311. The minimum Gasteiger partial charge on any atom is -0.487 e. The summed E-state index contributed by atoms with van der Waals surface area (Å²) in [6.07, 6.45) is 0. The molecule has 0 saturated carbocycles. The summed E-state index contributed by atoms with van der Waals surface area (Å²) in [5.41, 5.74) is 2.48. The molecule has 1 amide bonds. The minimum atomic E-state index is -0.445. The Bertz CT molecular complexity index is 1120. The third kappa shape index (κ3) is 4.79. The van der Waals surface area contributed by atoms with Crippen LogP contribution in [-0.2, 0) is 11.4 Å². The van der Waals surface area contributed by atoms with Gasteiger partial charge in [0.05, 0.1) is 15.7 Å². The normalized spacial score (nSPS) is 15.9. The Hall–Kier alpha value is -2.74. The number of nitro benzene ring substituents is 1. The van der Waals surface area contributed by atoms with E-state index in [2.05, 4.69) is 0 Å².